The summed E-state index contributed by atoms with van der Waals surface area (Å²) in [6, 6.07) is 2.23. The molecule has 1 heterocycles. The minimum atomic E-state index is -0.851. The average molecular weight is 251 g/mol. The van der Waals surface area contributed by atoms with Gasteiger partial charge in [-0.15, -0.1) is 0 Å². The number of aliphatic carboxylic acids is 1. The van der Waals surface area contributed by atoms with E-state index in [-0.39, 0.29) is 12.2 Å². The Morgan fingerprint density at radius 2 is 1.89 bits per heavy atom. The van der Waals surface area contributed by atoms with Crippen molar-refractivity contribution >= 4 is 11.8 Å². The first kappa shape index (κ1) is 14.5. The molecule has 1 rings (SSSR count). The van der Waals surface area contributed by atoms with Crippen LogP contribution in [0.4, 0.5) is 0 Å². The quantitative estimate of drug-likeness (QED) is 0.790. The van der Waals surface area contributed by atoms with Gasteiger partial charge in [-0.1, -0.05) is 0 Å². The molecule has 1 N–H and O–H groups in total. The lowest BCUT2D eigenvalue weighted by molar-refractivity contribution is -0.137. The highest BCUT2D eigenvalue weighted by Gasteiger charge is 2.16. The second-order valence-corrected chi connectivity index (χ2v) is 4.92. The number of hydrogen-bond acceptors (Lipinski definition) is 2. The summed E-state index contributed by atoms with van der Waals surface area (Å²) in [5.74, 6) is -0.813. The minimum absolute atomic E-state index is 0.0382. The topological polar surface area (TPSA) is 59.3 Å². The number of rotatable bonds is 6. The van der Waals surface area contributed by atoms with Crippen molar-refractivity contribution in [3.63, 3.8) is 0 Å². The van der Waals surface area contributed by atoms with E-state index in [1.807, 2.05) is 19.9 Å². The maximum atomic E-state index is 12.0. The van der Waals surface area contributed by atoms with E-state index in [0.29, 0.717) is 18.9 Å². The highest BCUT2D eigenvalue weighted by atomic mass is 16.4. The monoisotopic (exact) mass is 251 g/mol. The summed E-state index contributed by atoms with van der Waals surface area (Å²) >= 11 is 0. The van der Waals surface area contributed by atoms with Crippen molar-refractivity contribution in [2.45, 2.75) is 53.0 Å². The van der Waals surface area contributed by atoms with Crippen LogP contribution in [0.15, 0.2) is 6.07 Å². The molecular weight excluding hydrogens is 230 g/mol. The van der Waals surface area contributed by atoms with Crippen LogP contribution in [0.5, 0.6) is 0 Å². The van der Waals surface area contributed by atoms with Crippen molar-refractivity contribution in [1.29, 1.82) is 0 Å². The van der Waals surface area contributed by atoms with Gasteiger partial charge in [0.25, 0.3) is 0 Å². The molecule has 0 bridgehead atoms. The Balaban J connectivity index is 2.81. The Kier molecular flexibility index (Phi) is 4.70. The molecule has 0 amide bonds. The van der Waals surface area contributed by atoms with E-state index in [1.165, 1.54) is 0 Å². The molecule has 100 valence electrons. The number of nitrogens with zero attached hydrogens (tertiary/aromatic N) is 1. The predicted molar refractivity (Wildman–Crippen MR) is 70.1 cm³/mol. The molecule has 0 radical (unpaired) electrons. The molecule has 0 unspecified atom stereocenters. The highest BCUT2D eigenvalue weighted by Crippen LogP contribution is 2.21. The molecule has 4 nitrogen and oxygen atoms in total. The number of carboxylic acid groups (broad SMARTS) is 1. The molecule has 0 spiro atoms. The first-order valence-corrected chi connectivity index (χ1v) is 6.28. The van der Waals surface area contributed by atoms with Crippen LogP contribution in [-0.4, -0.2) is 21.4 Å². The zero-order chi connectivity index (χ0) is 13.9. The molecule has 0 aliphatic rings. The van der Waals surface area contributed by atoms with Gasteiger partial charge in [0.15, 0.2) is 5.78 Å². The summed E-state index contributed by atoms with van der Waals surface area (Å²) in [4.78, 5) is 22.4. The van der Waals surface area contributed by atoms with Crippen LogP contribution in [0, 0.1) is 13.8 Å². The summed E-state index contributed by atoms with van der Waals surface area (Å²) in [5.41, 5.74) is 2.78. The molecule has 0 saturated heterocycles. The van der Waals surface area contributed by atoms with E-state index in [0.717, 1.165) is 17.0 Å². The molecule has 1 aromatic heterocycles. The van der Waals surface area contributed by atoms with Crippen molar-refractivity contribution in [3.05, 3.63) is 23.0 Å². The fourth-order valence-electron chi connectivity index (χ4n) is 2.39. The van der Waals surface area contributed by atoms with Crippen LogP contribution in [0.3, 0.4) is 0 Å². The van der Waals surface area contributed by atoms with Crippen molar-refractivity contribution < 1.29 is 14.7 Å². The predicted octanol–water partition coefficient (Wildman–Crippen LogP) is 3.12. The Bertz CT molecular complexity index is 458. The number of aromatic nitrogens is 1. The molecule has 4 heteroatoms. The van der Waals surface area contributed by atoms with Gasteiger partial charge < -0.3 is 9.67 Å². The Morgan fingerprint density at radius 3 is 2.33 bits per heavy atom. The lowest BCUT2D eigenvalue weighted by atomic mass is 10.1. The summed E-state index contributed by atoms with van der Waals surface area (Å²) in [5, 5.41) is 8.56. The average Bonchev–Trinajstić information content (AvgIpc) is 2.53. The largest absolute Gasteiger partial charge is 0.481 e. The third-order valence-electron chi connectivity index (χ3n) is 3.10. The van der Waals surface area contributed by atoms with E-state index >= 15 is 0 Å². The lowest BCUT2D eigenvalue weighted by Gasteiger charge is -2.13. The van der Waals surface area contributed by atoms with Gasteiger partial charge in [-0.2, -0.15) is 0 Å². The molecule has 0 atom stereocenters. The maximum absolute atomic E-state index is 12.0. The second kappa shape index (κ2) is 5.85. The normalized spacial score (nSPS) is 10.9. The van der Waals surface area contributed by atoms with E-state index in [9.17, 15) is 9.59 Å². The summed E-state index contributed by atoms with van der Waals surface area (Å²) in [6.45, 7) is 8.09. The van der Waals surface area contributed by atoms with Crippen LogP contribution in [0.2, 0.25) is 0 Å². The molecule has 0 saturated carbocycles. The van der Waals surface area contributed by atoms with E-state index < -0.39 is 5.97 Å². The van der Waals surface area contributed by atoms with Gasteiger partial charge in [0, 0.05) is 35.8 Å². The standard InChI is InChI=1S/C14H21NO3/c1-9(2)15-10(3)8-12(11(15)4)13(16)6-5-7-14(17)18/h8-9H,5-7H2,1-4H3,(H,17,18). The third-order valence-corrected chi connectivity index (χ3v) is 3.10. The Labute approximate surface area is 108 Å². The molecule has 1 aromatic rings. The Morgan fingerprint density at radius 1 is 1.28 bits per heavy atom. The van der Waals surface area contributed by atoms with Crippen LogP contribution in [0.1, 0.15) is 60.9 Å². The van der Waals surface area contributed by atoms with E-state index in [1.54, 1.807) is 0 Å². The number of hydrogen-bond donors (Lipinski definition) is 1. The molecule has 18 heavy (non-hydrogen) atoms. The molecular formula is C14H21NO3. The Hall–Kier alpha value is -1.58. The number of carboxylic acids is 1. The molecule has 0 fully saturated rings. The van der Waals surface area contributed by atoms with Gasteiger partial charge in [0.05, 0.1) is 0 Å². The summed E-state index contributed by atoms with van der Waals surface area (Å²) in [7, 11) is 0. The van der Waals surface area contributed by atoms with Gasteiger partial charge in [-0.25, -0.2) is 0 Å². The maximum Gasteiger partial charge on any atom is 0.303 e. The zero-order valence-corrected chi connectivity index (χ0v) is 11.5. The van der Waals surface area contributed by atoms with Crippen molar-refractivity contribution in [3.8, 4) is 0 Å². The summed E-state index contributed by atoms with van der Waals surface area (Å²) < 4.78 is 2.13. The number of ketones is 1. The number of Topliss-reactive ketones (excluding diaryl/α,β-unsaturated/α-hetero) is 1. The minimum Gasteiger partial charge on any atom is -0.481 e. The molecule has 0 aliphatic heterocycles. The first-order chi connectivity index (χ1) is 8.34. The van der Waals surface area contributed by atoms with Crippen LogP contribution < -0.4 is 0 Å². The van der Waals surface area contributed by atoms with Crippen LogP contribution in [0.25, 0.3) is 0 Å². The van der Waals surface area contributed by atoms with Gasteiger partial charge >= 0.3 is 5.97 Å². The lowest BCUT2D eigenvalue weighted by Crippen LogP contribution is -2.07. The smallest absolute Gasteiger partial charge is 0.303 e. The van der Waals surface area contributed by atoms with Crippen LogP contribution in [-0.2, 0) is 4.79 Å². The van der Waals surface area contributed by atoms with Crippen molar-refractivity contribution in [2.24, 2.45) is 0 Å². The van der Waals surface area contributed by atoms with Gasteiger partial charge in [-0.05, 0) is 40.2 Å². The second-order valence-electron chi connectivity index (χ2n) is 4.92. The fourth-order valence-corrected chi connectivity index (χ4v) is 2.39. The molecule has 0 aliphatic carbocycles. The SMILES string of the molecule is Cc1cc(C(=O)CCCC(=O)O)c(C)n1C(C)C. The highest BCUT2D eigenvalue weighted by molar-refractivity contribution is 5.97. The van der Waals surface area contributed by atoms with E-state index in [2.05, 4.69) is 18.4 Å². The fraction of sp³-hybridized carbons (Fsp3) is 0.571. The number of carbonyl (C=O) groups excluding carboxylic acids is 1. The van der Waals surface area contributed by atoms with E-state index in [4.69, 9.17) is 5.11 Å². The molecule has 0 aromatic carbocycles. The van der Waals surface area contributed by atoms with Gasteiger partial charge in [0.1, 0.15) is 0 Å². The number of aryl methyl sites for hydroxylation is 1. The first-order valence-electron chi connectivity index (χ1n) is 6.28. The third kappa shape index (κ3) is 3.22. The van der Waals surface area contributed by atoms with Crippen molar-refractivity contribution in [1.82, 2.24) is 4.57 Å². The van der Waals surface area contributed by atoms with Gasteiger partial charge in [-0.3, -0.25) is 9.59 Å². The van der Waals surface area contributed by atoms with Crippen LogP contribution >= 0.6 is 0 Å². The summed E-state index contributed by atoms with van der Waals surface area (Å²) in [6.07, 6.45) is 0.753. The van der Waals surface area contributed by atoms with Crippen molar-refractivity contribution in [2.75, 3.05) is 0 Å². The number of carbonyl (C=O) groups is 2. The zero-order valence-electron chi connectivity index (χ0n) is 11.5. The van der Waals surface area contributed by atoms with Gasteiger partial charge in [0.2, 0.25) is 0 Å².